The molecule has 0 atom stereocenters. The third kappa shape index (κ3) is 3.95. The van der Waals surface area contributed by atoms with E-state index in [9.17, 15) is 4.79 Å². The van der Waals surface area contributed by atoms with Crippen LogP contribution >= 0.6 is 0 Å². The van der Waals surface area contributed by atoms with E-state index in [1.54, 1.807) is 6.07 Å². The van der Waals surface area contributed by atoms with E-state index in [-0.39, 0.29) is 5.69 Å². The number of primary amides is 1. The molecule has 0 saturated carbocycles. The molecule has 0 bridgehead atoms. The zero-order valence-electron chi connectivity index (χ0n) is 8.86. The minimum Gasteiger partial charge on any atom is -0.490 e. The smallest absolute Gasteiger partial charge is 0.267 e. The van der Waals surface area contributed by atoms with E-state index in [1.807, 2.05) is 19.0 Å². The van der Waals surface area contributed by atoms with Crippen molar-refractivity contribution < 1.29 is 9.53 Å². The number of hydrogen-bond donors (Lipinski definition) is 1. The molecule has 1 amide bonds. The maximum absolute atomic E-state index is 10.7. The SMILES string of the molecule is CN(C)CCOc1[c]nc(C(N)=O)cc1. The molecular formula is C10H14N3O2. The molecule has 2 N–H and O–H groups in total. The van der Waals surface area contributed by atoms with Crippen LogP contribution in [0.5, 0.6) is 5.75 Å². The molecule has 1 aromatic heterocycles. The summed E-state index contributed by atoms with van der Waals surface area (Å²) in [5.41, 5.74) is 5.22. The average molecular weight is 208 g/mol. The van der Waals surface area contributed by atoms with Gasteiger partial charge < -0.3 is 15.4 Å². The standard InChI is InChI=1S/C10H14N3O2/c1-13(2)5-6-15-8-3-4-9(10(11)14)12-7-8/h3-4H,5-6H2,1-2H3,(H2,11,14). The second-order valence-electron chi connectivity index (χ2n) is 3.32. The van der Waals surface area contributed by atoms with E-state index in [0.29, 0.717) is 12.4 Å². The fourth-order valence-electron chi connectivity index (χ4n) is 0.900. The molecule has 1 radical (unpaired) electrons. The molecule has 0 spiro atoms. The van der Waals surface area contributed by atoms with E-state index < -0.39 is 5.91 Å². The second kappa shape index (κ2) is 5.31. The first-order valence-electron chi connectivity index (χ1n) is 4.55. The molecule has 0 saturated heterocycles. The van der Waals surface area contributed by atoms with Crippen LogP contribution in [0.15, 0.2) is 12.1 Å². The monoisotopic (exact) mass is 208 g/mol. The molecule has 0 unspecified atom stereocenters. The molecule has 0 aromatic carbocycles. The molecule has 0 aliphatic rings. The topological polar surface area (TPSA) is 68.4 Å². The number of aromatic nitrogens is 1. The van der Waals surface area contributed by atoms with E-state index in [0.717, 1.165) is 6.54 Å². The van der Waals surface area contributed by atoms with E-state index in [1.165, 1.54) is 6.07 Å². The molecule has 81 valence electrons. The van der Waals surface area contributed by atoms with Gasteiger partial charge in [-0.2, -0.15) is 0 Å². The van der Waals surface area contributed by atoms with Gasteiger partial charge in [0, 0.05) is 6.54 Å². The van der Waals surface area contributed by atoms with Crippen LogP contribution < -0.4 is 10.5 Å². The number of nitrogens with two attached hydrogens (primary N) is 1. The van der Waals surface area contributed by atoms with Crippen molar-refractivity contribution in [2.45, 2.75) is 0 Å². The lowest BCUT2D eigenvalue weighted by atomic mass is 10.3. The number of carbonyl (C=O) groups excluding carboxylic acids is 1. The number of pyridine rings is 1. The van der Waals surface area contributed by atoms with Crippen LogP contribution in [0, 0.1) is 6.20 Å². The molecule has 0 aliphatic carbocycles. The Balaban J connectivity index is 2.46. The quantitative estimate of drug-likeness (QED) is 0.735. The van der Waals surface area contributed by atoms with Gasteiger partial charge in [-0.05, 0) is 26.2 Å². The van der Waals surface area contributed by atoms with Crippen LogP contribution in [0.3, 0.4) is 0 Å². The van der Waals surface area contributed by atoms with Crippen molar-refractivity contribution in [2.75, 3.05) is 27.2 Å². The van der Waals surface area contributed by atoms with E-state index in [2.05, 4.69) is 11.2 Å². The van der Waals surface area contributed by atoms with E-state index >= 15 is 0 Å². The highest BCUT2D eigenvalue weighted by atomic mass is 16.5. The number of nitrogens with zero attached hydrogens (tertiary/aromatic N) is 2. The molecule has 1 aromatic rings. The van der Waals surface area contributed by atoms with E-state index in [4.69, 9.17) is 10.5 Å². The molecule has 5 heteroatoms. The molecule has 0 fully saturated rings. The van der Waals surface area contributed by atoms with Crippen LogP contribution in [-0.2, 0) is 0 Å². The van der Waals surface area contributed by atoms with Gasteiger partial charge in [-0.1, -0.05) is 0 Å². The van der Waals surface area contributed by atoms with Gasteiger partial charge in [0.1, 0.15) is 24.2 Å². The van der Waals surface area contributed by atoms with Gasteiger partial charge in [-0.15, -0.1) is 0 Å². The van der Waals surface area contributed by atoms with Crippen LogP contribution in [0.4, 0.5) is 0 Å². The summed E-state index contributed by atoms with van der Waals surface area (Å²) in [6.45, 7) is 1.37. The maximum Gasteiger partial charge on any atom is 0.267 e. The lowest BCUT2D eigenvalue weighted by Gasteiger charge is -2.10. The van der Waals surface area contributed by atoms with Crippen molar-refractivity contribution in [3.63, 3.8) is 0 Å². The van der Waals surface area contributed by atoms with Gasteiger partial charge in [-0.3, -0.25) is 4.79 Å². The predicted molar refractivity (Wildman–Crippen MR) is 55.6 cm³/mol. The highest BCUT2D eigenvalue weighted by Gasteiger charge is 2.02. The summed E-state index contributed by atoms with van der Waals surface area (Å²) in [5.74, 6) is -0.0482. The Bertz CT molecular complexity index is 322. The molecule has 5 nitrogen and oxygen atoms in total. The first-order valence-corrected chi connectivity index (χ1v) is 4.55. The summed E-state index contributed by atoms with van der Waals surface area (Å²) < 4.78 is 5.34. The van der Waals surface area contributed by atoms with Gasteiger partial charge in [0.25, 0.3) is 5.91 Å². The Hall–Kier alpha value is -1.62. The van der Waals surface area contributed by atoms with Gasteiger partial charge in [0.15, 0.2) is 0 Å². The number of amides is 1. The molecule has 0 aliphatic heterocycles. The van der Waals surface area contributed by atoms with Crippen molar-refractivity contribution in [1.29, 1.82) is 0 Å². The second-order valence-corrected chi connectivity index (χ2v) is 3.32. The third-order valence-corrected chi connectivity index (χ3v) is 1.73. The summed E-state index contributed by atoms with van der Waals surface area (Å²) in [4.78, 5) is 16.5. The fourth-order valence-corrected chi connectivity index (χ4v) is 0.900. The summed E-state index contributed by atoms with van der Waals surface area (Å²) in [6.07, 6.45) is 2.60. The van der Waals surface area contributed by atoms with Gasteiger partial charge in [0.2, 0.25) is 0 Å². The Morgan fingerprint density at radius 2 is 2.33 bits per heavy atom. The average Bonchev–Trinajstić information content (AvgIpc) is 2.18. The number of hydrogen-bond acceptors (Lipinski definition) is 4. The fraction of sp³-hybridized carbons (Fsp3) is 0.400. The van der Waals surface area contributed by atoms with Crippen molar-refractivity contribution in [1.82, 2.24) is 9.88 Å². The lowest BCUT2D eigenvalue weighted by molar-refractivity contribution is 0.0995. The minimum atomic E-state index is -0.564. The Morgan fingerprint density at radius 1 is 1.60 bits per heavy atom. The number of ether oxygens (including phenoxy) is 1. The van der Waals surface area contributed by atoms with Crippen molar-refractivity contribution >= 4 is 5.91 Å². The Morgan fingerprint density at radius 3 is 2.80 bits per heavy atom. The van der Waals surface area contributed by atoms with Crippen molar-refractivity contribution in [2.24, 2.45) is 5.73 Å². The van der Waals surface area contributed by atoms with Crippen LogP contribution in [0.25, 0.3) is 0 Å². The molecule has 15 heavy (non-hydrogen) atoms. The third-order valence-electron chi connectivity index (χ3n) is 1.73. The largest absolute Gasteiger partial charge is 0.490 e. The summed E-state index contributed by atoms with van der Waals surface area (Å²) in [5, 5.41) is 0. The Kier molecular flexibility index (Phi) is 4.05. The number of likely N-dealkylation sites (N-methyl/N-ethyl adjacent to an activating group) is 1. The predicted octanol–water partition coefficient (Wildman–Crippen LogP) is -0.0789. The first-order chi connectivity index (χ1) is 7.09. The van der Waals surface area contributed by atoms with Gasteiger partial charge in [-0.25, -0.2) is 4.98 Å². The summed E-state index contributed by atoms with van der Waals surface area (Å²) in [7, 11) is 3.92. The first kappa shape index (κ1) is 11.5. The van der Waals surface area contributed by atoms with Crippen molar-refractivity contribution in [3.8, 4) is 5.75 Å². The Labute approximate surface area is 88.9 Å². The number of rotatable bonds is 5. The molecule has 1 heterocycles. The normalized spacial score (nSPS) is 10.3. The van der Waals surface area contributed by atoms with Gasteiger partial charge >= 0.3 is 0 Å². The van der Waals surface area contributed by atoms with Gasteiger partial charge in [0.05, 0.1) is 0 Å². The minimum absolute atomic E-state index is 0.190. The molecular weight excluding hydrogens is 194 g/mol. The zero-order valence-corrected chi connectivity index (χ0v) is 8.86. The van der Waals surface area contributed by atoms with Crippen molar-refractivity contribution in [3.05, 3.63) is 24.0 Å². The highest BCUT2D eigenvalue weighted by Crippen LogP contribution is 2.07. The lowest BCUT2D eigenvalue weighted by Crippen LogP contribution is -2.19. The maximum atomic E-state index is 10.7. The highest BCUT2D eigenvalue weighted by molar-refractivity contribution is 5.90. The van der Waals surface area contributed by atoms with Crippen LogP contribution in [0.2, 0.25) is 0 Å². The van der Waals surface area contributed by atoms with Crippen LogP contribution in [0.1, 0.15) is 10.5 Å². The molecule has 1 rings (SSSR count). The summed E-state index contributed by atoms with van der Waals surface area (Å²) >= 11 is 0. The summed E-state index contributed by atoms with van der Waals surface area (Å²) in [6, 6.07) is 3.15. The zero-order chi connectivity index (χ0) is 11.3. The van der Waals surface area contributed by atoms with Crippen LogP contribution in [-0.4, -0.2) is 43.0 Å². The number of carbonyl (C=O) groups is 1.